The van der Waals surface area contributed by atoms with Gasteiger partial charge in [-0.1, -0.05) is 6.92 Å². The monoisotopic (exact) mass is 336 g/mol. The van der Waals surface area contributed by atoms with Crippen LogP contribution in [0.25, 0.3) is 0 Å². The number of carboxylic acid groups (broad SMARTS) is 1. The van der Waals surface area contributed by atoms with Crippen LogP contribution in [0.1, 0.15) is 31.7 Å². The van der Waals surface area contributed by atoms with Gasteiger partial charge in [0.05, 0.1) is 11.0 Å². The summed E-state index contributed by atoms with van der Waals surface area (Å²) < 4.78 is 0.750. The van der Waals surface area contributed by atoms with Gasteiger partial charge in [0.1, 0.15) is 6.07 Å². The van der Waals surface area contributed by atoms with Crippen LogP contribution in [-0.4, -0.2) is 24.2 Å². The van der Waals surface area contributed by atoms with E-state index in [0.717, 1.165) is 29.5 Å². The lowest BCUT2D eigenvalue weighted by Crippen LogP contribution is -2.47. The molecule has 1 aliphatic heterocycles. The summed E-state index contributed by atoms with van der Waals surface area (Å²) >= 11 is 3.38. The zero-order valence-electron chi connectivity index (χ0n) is 11.4. The summed E-state index contributed by atoms with van der Waals surface area (Å²) in [5.74, 6) is -0.711. The van der Waals surface area contributed by atoms with Crippen molar-refractivity contribution in [1.82, 2.24) is 0 Å². The van der Waals surface area contributed by atoms with Crippen molar-refractivity contribution in [2.24, 2.45) is 5.41 Å². The number of carboxylic acids is 1. The number of nitrogens with zero attached hydrogens (tertiary/aromatic N) is 2. The van der Waals surface area contributed by atoms with Crippen molar-refractivity contribution in [3.8, 4) is 6.07 Å². The van der Waals surface area contributed by atoms with Crippen molar-refractivity contribution < 1.29 is 9.90 Å². The van der Waals surface area contributed by atoms with Gasteiger partial charge in [-0.3, -0.25) is 4.79 Å². The number of rotatable bonds is 3. The van der Waals surface area contributed by atoms with E-state index >= 15 is 0 Å². The zero-order valence-corrected chi connectivity index (χ0v) is 13.0. The molecule has 1 saturated heterocycles. The molecule has 0 aromatic heterocycles. The van der Waals surface area contributed by atoms with Crippen LogP contribution in [0, 0.1) is 16.7 Å². The number of hydrogen-bond acceptors (Lipinski definition) is 3. The number of nitriles is 1. The average Bonchev–Trinajstić information content (AvgIpc) is 2.47. The van der Waals surface area contributed by atoms with Crippen LogP contribution in [0.4, 0.5) is 5.69 Å². The largest absolute Gasteiger partial charge is 0.481 e. The molecular weight excluding hydrogens is 320 g/mol. The smallest absolute Gasteiger partial charge is 0.311 e. The van der Waals surface area contributed by atoms with Crippen LogP contribution in [0.15, 0.2) is 22.7 Å². The lowest BCUT2D eigenvalue weighted by molar-refractivity contribution is -0.149. The van der Waals surface area contributed by atoms with Gasteiger partial charge in [0.2, 0.25) is 0 Å². The summed E-state index contributed by atoms with van der Waals surface area (Å²) in [4.78, 5) is 13.7. The number of aliphatic carboxylic acids is 1. The van der Waals surface area contributed by atoms with Crippen molar-refractivity contribution in [3.63, 3.8) is 0 Å². The third-order valence-electron chi connectivity index (χ3n) is 4.15. The Kier molecular flexibility index (Phi) is 4.34. The number of anilines is 1. The van der Waals surface area contributed by atoms with E-state index in [9.17, 15) is 9.90 Å². The van der Waals surface area contributed by atoms with Crippen LogP contribution in [0.3, 0.4) is 0 Å². The molecule has 0 bridgehead atoms. The van der Waals surface area contributed by atoms with Gasteiger partial charge in [0.15, 0.2) is 0 Å². The summed E-state index contributed by atoms with van der Waals surface area (Å²) in [6, 6.07) is 7.66. The predicted molar refractivity (Wildman–Crippen MR) is 80.7 cm³/mol. The molecule has 1 fully saturated rings. The molecule has 0 amide bonds. The fraction of sp³-hybridized carbons (Fsp3) is 0.467. The van der Waals surface area contributed by atoms with E-state index in [0.29, 0.717) is 18.5 Å². The molecule has 0 saturated carbocycles. The molecule has 0 spiro atoms. The number of benzene rings is 1. The highest BCUT2D eigenvalue weighted by molar-refractivity contribution is 9.10. The first-order valence-corrected chi connectivity index (χ1v) is 7.50. The van der Waals surface area contributed by atoms with Gasteiger partial charge < -0.3 is 10.0 Å². The minimum Gasteiger partial charge on any atom is -0.481 e. The standard InChI is InChI=1S/C15H17BrN2O2/c1-2-15(14(19)20)6-3-7-18(10-15)12-5-4-11(9-17)13(16)8-12/h4-5,8H,2-3,6-7,10H2,1H3,(H,19,20). The Bertz CT molecular complexity index is 567. The normalized spacial score (nSPS) is 22.4. The summed E-state index contributed by atoms with van der Waals surface area (Å²) in [6.45, 7) is 3.32. The summed E-state index contributed by atoms with van der Waals surface area (Å²) in [5.41, 5.74) is 0.902. The minimum atomic E-state index is -0.711. The molecule has 1 aromatic rings. The van der Waals surface area contributed by atoms with E-state index < -0.39 is 11.4 Å². The third-order valence-corrected chi connectivity index (χ3v) is 4.80. The second-order valence-corrected chi connectivity index (χ2v) is 6.09. The molecule has 4 nitrogen and oxygen atoms in total. The van der Waals surface area contributed by atoms with E-state index in [-0.39, 0.29) is 0 Å². The Morgan fingerprint density at radius 2 is 2.35 bits per heavy atom. The van der Waals surface area contributed by atoms with E-state index in [2.05, 4.69) is 26.9 Å². The van der Waals surface area contributed by atoms with Crippen LogP contribution in [0.2, 0.25) is 0 Å². The fourth-order valence-electron chi connectivity index (χ4n) is 2.76. The van der Waals surface area contributed by atoms with Crippen molar-refractivity contribution in [2.75, 3.05) is 18.0 Å². The second kappa shape index (κ2) is 5.84. The lowest BCUT2D eigenvalue weighted by Gasteiger charge is -2.40. The highest BCUT2D eigenvalue weighted by atomic mass is 79.9. The molecule has 1 heterocycles. The van der Waals surface area contributed by atoms with Crippen molar-refractivity contribution in [2.45, 2.75) is 26.2 Å². The molecule has 1 atom stereocenters. The van der Waals surface area contributed by atoms with E-state index in [1.807, 2.05) is 19.1 Å². The Morgan fingerprint density at radius 1 is 1.60 bits per heavy atom. The number of piperidine rings is 1. The van der Waals surface area contributed by atoms with Gasteiger partial charge >= 0.3 is 5.97 Å². The highest BCUT2D eigenvalue weighted by Crippen LogP contribution is 2.36. The van der Waals surface area contributed by atoms with Gasteiger partial charge in [0.25, 0.3) is 0 Å². The van der Waals surface area contributed by atoms with Crippen LogP contribution in [-0.2, 0) is 4.79 Å². The maximum Gasteiger partial charge on any atom is 0.311 e. The molecular formula is C15H17BrN2O2. The van der Waals surface area contributed by atoms with E-state index in [4.69, 9.17) is 5.26 Å². The molecule has 20 heavy (non-hydrogen) atoms. The Morgan fingerprint density at radius 3 is 2.90 bits per heavy atom. The van der Waals surface area contributed by atoms with Crippen LogP contribution >= 0.6 is 15.9 Å². The topological polar surface area (TPSA) is 64.3 Å². The summed E-state index contributed by atoms with van der Waals surface area (Å²) in [5, 5.41) is 18.5. The Labute approximate surface area is 127 Å². The average molecular weight is 337 g/mol. The maximum absolute atomic E-state index is 11.6. The summed E-state index contributed by atoms with van der Waals surface area (Å²) in [6.07, 6.45) is 2.24. The van der Waals surface area contributed by atoms with Crippen molar-refractivity contribution in [3.05, 3.63) is 28.2 Å². The second-order valence-electron chi connectivity index (χ2n) is 5.24. The fourth-order valence-corrected chi connectivity index (χ4v) is 3.21. The quantitative estimate of drug-likeness (QED) is 0.918. The SMILES string of the molecule is CCC1(C(=O)O)CCCN(c2ccc(C#N)c(Br)c2)C1. The van der Waals surface area contributed by atoms with Crippen LogP contribution < -0.4 is 4.90 Å². The molecule has 1 aromatic carbocycles. The first kappa shape index (κ1) is 14.9. The highest BCUT2D eigenvalue weighted by Gasteiger charge is 2.40. The molecule has 0 radical (unpaired) electrons. The molecule has 1 aliphatic rings. The first-order valence-electron chi connectivity index (χ1n) is 6.70. The van der Waals surface area contributed by atoms with E-state index in [1.54, 1.807) is 6.07 Å². The van der Waals surface area contributed by atoms with Gasteiger partial charge in [-0.05, 0) is 53.4 Å². The van der Waals surface area contributed by atoms with Crippen LogP contribution in [0.5, 0.6) is 0 Å². The van der Waals surface area contributed by atoms with Gasteiger partial charge in [-0.2, -0.15) is 5.26 Å². The Hall–Kier alpha value is -1.54. The number of halogens is 1. The lowest BCUT2D eigenvalue weighted by atomic mass is 9.77. The molecule has 2 rings (SSSR count). The third kappa shape index (κ3) is 2.66. The first-order chi connectivity index (χ1) is 9.52. The van der Waals surface area contributed by atoms with Gasteiger partial charge in [-0.15, -0.1) is 0 Å². The van der Waals surface area contributed by atoms with Gasteiger partial charge in [-0.25, -0.2) is 0 Å². The predicted octanol–water partition coefficient (Wildman–Crippen LogP) is 3.40. The number of carbonyl (C=O) groups is 1. The van der Waals surface area contributed by atoms with Crippen molar-refractivity contribution >= 4 is 27.6 Å². The molecule has 0 aliphatic carbocycles. The Balaban J connectivity index is 2.27. The van der Waals surface area contributed by atoms with Gasteiger partial charge in [0, 0.05) is 23.2 Å². The molecule has 1 unspecified atom stereocenters. The van der Waals surface area contributed by atoms with Crippen molar-refractivity contribution in [1.29, 1.82) is 5.26 Å². The molecule has 5 heteroatoms. The number of hydrogen-bond donors (Lipinski definition) is 1. The summed E-state index contributed by atoms with van der Waals surface area (Å²) in [7, 11) is 0. The van der Waals surface area contributed by atoms with E-state index in [1.165, 1.54) is 0 Å². The minimum absolute atomic E-state index is 0.525. The zero-order chi connectivity index (χ0) is 14.8. The molecule has 1 N–H and O–H groups in total. The molecule has 106 valence electrons. The maximum atomic E-state index is 11.6.